The van der Waals surface area contributed by atoms with Gasteiger partial charge in [-0.3, -0.25) is 23.8 Å². The summed E-state index contributed by atoms with van der Waals surface area (Å²) in [5.41, 5.74) is 2.14. The van der Waals surface area contributed by atoms with Crippen LogP contribution in [0.1, 0.15) is 12.5 Å². The number of nitrogens with one attached hydrogen (secondary N) is 1. The van der Waals surface area contributed by atoms with Gasteiger partial charge in [-0.05, 0) is 24.6 Å². The summed E-state index contributed by atoms with van der Waals surface area (Å²) >= 11 is 3.46. The van der Waals surface area contributed by atoms with Crippen molar-refractivity contribution in [3.8, 4) is 0 Å². The van der Waals surface area contributed by atoms with Gasteiger partial charge in [0.15, 0.2) is 11.2 Å². The normalized spacial score (nSPS) is 15.1. The van der Waals surface area contributed by atoms with Gasteiger partial charge in [-0.25, -0.2) is 4.79 Å². The van der Waals surface area contributed by atoms with E-state index >= 15 is 0 Å². The largest absolute Gasteiger partial charge is 0.340 e. The lowest BCUT2D eigenvalue weighted by Gasteiger charge is -2.35. The van der Waals surface area contributed by atoms with E-state index in [9.17, 15) is 9.59 Å². The molecule has 1 saturated heterocycles. The molecule has 1 fully saturated rings. The molecule has 9 heteroatoms. The van der Waals surface area contributed by atoms with Gasteiger partial charge in [-0.15, -0.1) is 0 Å². The van der Waals surface area contributed by atoms with Crippen LogP contribution >= 0.6 is 15.9 Å². The number of benzene rings is 1. The highest BCUT2D eigenvalue weighted by Gasteiger charge is 2.25. The van der Waals surface area contributed by atoms with Crippen molar-refractivity contribution in [2.24, 2.45) is 7.05 Å². The molecule has 0 unspecified atom stereocenters. The number of piperazine rings is 1. The first-order valence-corrected chi connectivity index (χ1v) is 10.7. The van der Waals surface area contributed by atoms with Gasteiger partial charge >= 0.3 is 5.69 Å². The second-order valence-electron chi connectivity index (χ2n) is 7.84. The number of aryl methyl sites for hydroxylation is 1. The molecule has 0 amide bonds. The summed E-state index contributed by atoms with van der Waals surface area (Å²) in [5, 5.41) is 0. The zero-order valence-corrected chi connectivity index (χ0v) is 18.8. The molecule has 3 aromatic rings. The fraction of sp³-hybridized carbons (Fsp3) is 0.381. The van der Waals surface area contributed by atoms with E-state index in [-0.39, 0.29) is 0 Å². The summed E-state index contributed by atoms with van der Waals surface area (Å²) in [6.07, 6.45) is 0. The first kappa shape index (κ1) is 20.6. The summed E-state index contributed by atoms with van der Waals surface area (Å²) in [5.74, 6) is 0.717. The number of rotatable bonds is 5. The second kappa shape index (κ2) is 8.23. The van der Waals surface area contributed by atoms with Gasteiger partial charge in [0.05, 0.1) is 6.54 Å². The Kier molecular flexibility index (Phi) is 5.66. The maximum Gasteiger partial charge on any atom is 0.329 e. The first-order chi connectivity index (χ1) is 14.3. The maximum absolute atomic E-state index is 12.7. The Morgan fingerprint density at radius 1 is 1.17 bits per heavy atom. The second-order valence-corrected chi connectivity index (χ2v) is 8.75. The highest BCUT2D eigenvalue weighted by atomic mass is 79.9. The molecule has 1 N–H and O–H groups in total. The Balaban J connectivity index is 1.76. The van der Waals surface area contributed by atoms with Gasteiger partial charge in [0.2, 0.25) is 5.95 Å². The Bertz CT molecular complexity index is 1200. The summed E-state index contributed by atoms with van der Waals surface area (Å²) in [6, 6.07) is 7.98. The predicted molar refractivity (Wildman–Crippen MR) is 122 cm³/mol. The molecular formula is C21H25BrN6O2. The number of aromatic amines is 1. The zero-order valence-electron chi connectivity index (χ0n) is 17.2. The third kappa shape index (κ3) is 3.99. The molecule has 0 spiro atoms. The number of H-pyrrole nitrogens is 1. The van der Waals surface area contributed by atoms with E-state index < -0.39 is 11.2 Å². The van der Waals surface area contributed by atoms with Gasteiger partial charge in [-0.2, -0.15) is 4.98 Å². The number of anilines is 1. The van der Waals surface area contributed by atoms with Crippen LogP contribution in [0.2, 0.25) is 0 Å². The highest BCUT2D eigenvalue weighted by molar-refractivity contribution is 9.10. The van der Waals surface area contributed by atoms with Crippen LogP contribution in [0.15, 0.2) is 50.5 Å². The van der Waals surface area contributed by atoms with E-state index in [1.165, 1.54) is 4.57 Å². The molecule has 0 radical (unpaired) electrons. The molecule has 8 nitrogen and oxygen atoms in total. The molecule has 3 heterocycles. The molecular weight excluding hydrogens is 448 g/mol. The predicted octanol–water partition coefficient (Wildman–Crippen LogP) is 1.93. The lowest BCUT2D eigenvalue weighted by molar-refractivity contribution is 0.276. The Hall–Kier alpha value is -2.65. The number of aromatic nitrogens is 4. The van der Waals surface area contributed by atoms with Crippen molar-refractivity contribution in [1.29, 1.82) is 0 Å². The van der Waals surface area contributed by atoms with Crippen LogP contribution < -0.4 is 16.1 Å². The third-order valence-corrected chi connectivity index (χ3v) is 5.92. The van der Waals surface area contributed by atoms with Crippen molar-refractivity contribution in [3.63, 3.8) is 0 Å². The highest BCUT2D eigenvalue weighted by Crippen LogP contribution is 2.23. The van der Waals surface area contributed by atoms with Crippen molar-refractivity contribution in [2.45, 2.75) is 13.5 Å². The van der Waals surface area contributed by atoms with Crippen molar-refractivity contribution >= 4 is 33.0 Å². The average molecular weight is 473 g/mol. The quantitative estimate of drug-likeness (QED) is 0.573. The monoisotopic (exact) mass is 472 g/mol. The fourth-order valence-corrected chi connectivity index (χ4v) is 4.14. The van der Waals surface area contributed by atoms with Gasteiger partial charge < -0.3 is 4.90 Å². The molecule has 1 aliphatic rings. The SMILES string of the molecule is C=C(C)CN1CCN(c2nc3c(c(=O)[nH]c(=O)n3C)n2Cc2ccc(Br)cc2)CC1. The first-order valence-electron chi connectivity index (χ1n) is 9.89. The Morgan fingerprint density at radius 2 is 1.83 bits per heavy atom. The van der Waals surface area contributed by atoms with Gasteiger partial charge in [0.1, 0.15) is 0 Å². The number of halogens is 1. The standard InChI is InChI=1S/C21H25BrN6O2/c1-14(2)12-26-8-10-27(11-9-26)20-23-18-17(19(29)24-21(30)25(18)3)28(20)13-15-4-6-16(22)7-5-15/h4-7H,1,8-13H2,2-3H3,(H,24,29,30). The van der Waals surface area contributed by atoms with Crippen LogP contribution in [-0.4, -0.2) is 56.7 Å². The molecule has 158 valence electrons. The van der Waals surface area contributed by atoms with Gasteiger partial charge in [0.25, 0.3) is 5.56 Å². The summed E-state index contributed by atoms with van der Waals surface area (Å²) in [7, 11) is 1.63. The van der Waals surface area contributed by atoms with E-state index in [4.69, 9.17) is 4.98 Å². The summed E-state index contributed by atoms with van der Waals surface area (Å²) in [4.78, 5) is 36.5. The molecule has 0 saturated carbocycles. The van der Waals surface area contributed by atoms with Crippen molar-refractivity contribution in [1.82, 2.24) is 24.0 Å². The van der Waals surface area contributed by atoms with Crippen LogP contribution in [0.5, 0.6) is 0 Å². The minimum absolute atomic E-state index is 0.403. The molecule has 1 aliphatic heterocycles. The fourth-order valence-electron chi connectivity index (χ4n) is 3.87. The van der Waals surface area contributed by atoms with Gasteiger partial charge in [-0.1, -0.05) is 40.2 Å². The van der Waals surface area contributed by atoms with Crippen LogP contribution in [0.4, 0.5) is 5.95 Å². The number of imidazole rings is 1. The van der Waals surface area contributed by atoms with Crippen molar-refractivity contribution < 1.29 is 0 Å². The molecule has 0 bridgehead atoms. The van der Waals surface area contributed by atoms with Crippen molar-refractivity contribution in [2.75, 3.05) is 37.6 Å². The lowest BCUT2D eigenvalue weighted by Crippen LogP contribution is -2.47. The molecule has 1 aromatic carbocycles. The minimum atomic E-state index is -0.460. The number of fused-ring (bicyclic) bond motifs is 1. The maximum atomic E-state index is 12.7. The van der Waals surface area contributed by atoms with Crippen LogP contribution in [0.3, 0.4) is 0 Å². The molecule has 2 aromatic heterocycles. The molecule has 4 rings (SSSR count). The molecule has 0 atom stereocenters. The van der Waals surface area contributed by atoms with E-state index in [1.54, 1.807) is 7.05 Å². The number of hydrogen-bond acceptors (Lipinski definition) is 5. The minimum Gasteiger partial charge on any atom is -0.340 e. The van der Waals surface area contributed by atoms with Crippen LogP contribution in [0, 0.1) is 0 Å². The van der Waals surface area contributed by atoms with Crippen LogP contribution in [0.25, 0.3) is 11.2 Å². The topological polar surface area (TPSA) is 79.2 Å². The van der Waals surface area contributed by atoms with Crippen molar-refractivity contribution in [3.05, 3.63) is 67.3 Å². The molecule has 0 aliphatic carbocycles. The van der Waals surface area contributed by atoms with Crippen LogP contribution in [-0.2, 0) is 13.6 Å². The summed E-state index contributed by atoms with van der Waals surface area (Å²) < 4.78 is 4.32. The van der Waals surface area contributed by atoms with E-state index in [0.717, 1.165) is 54.3 Å². The molecule has 30 heavy (non-hydrogen) atoms. The van der Waals surface area contributed by atoms with Gasteiger partial charge in [0, 0.05) is 44.2 Å². The number of nitrogens with zero attached hydrogens (tertiary/aromatic N) is 5. The van der Waals surface area contributed by atoms with E-state index in [0.29, 0.717) is 17.7 Å². The van der Waals surface area contributed by atoms with E-state index in [1.807, 2.05) is 35.8 Å². The summed E-state index contributed by atoms with van der Waals surface area (Å²) in [6.45, 7) is 10.8. The zero-order chi connectivity index (χ0) is 21.4. The third-order valence-electron chi connectivity index (χ3n) is 5.39. The smallest absolute Gasteiger partial charge is 0.329 e. The Labute approximate surface area is 182 Å². The Morgan fingerprint density at radius 3 is 2.47 bits per heavy atom. The number of hydrogen-bond donors (Lipinski definition) is 1. The average Bonchev–Trinajstić information content (AvgIpc) is 3.08. The van der Waals surface area contributed by atoms with E-state index in [2.05, 4.69) is 37.3 Å². The lowest BCUT2D eigenvalue weighted by atomic mass is 10.2.